The molecule has 0 spiro atoms. The molecule has 3 rings (SSSR count). The van der Waals surface area contributed by atoms with E-state index >= 15 is 4.39 Å². The van der Waals surface area contributed by atoms with E-state index in [2.05, 4.69) is 0 Å². The predicted molar refractivity (Wildman–Crippen MR) is 106 cm³/mol. The molecule has 1 aromatic carbocycles. The van der Waals surface area contributed by atoms with Crippen LogP contribution in [0.25, 0.3) is 10.9 Å². The number of ether oxygens (including phenoxy) is 1. The Bertz CT molecular complexity index is 1160. The molecule has 0 saturated carbocycles. The minimum atomic E-state index is -3.71. The number of anilines is 1. The third kappa shape index (κ3) is 4.17. The Kier molecular flexibility index (Phi) is 6.14. The summed E-state index contributed by atoms with van der Waals surface area (Å²) in [7, 11) is -3.71. The number of halogens is 2. The summed E-state index contributed by atoms with van der Waals surface area (Å²) in [6.07, 6.45) is 1.65. The van der Waals surface area contributed by atoms with Gasteiger partial charge in [0.15, 0.2) is 5.82 Å². The first-order chi connectivity index (χ1) is 14.1. The number of aryl methyl sites for hydroxylation is 1. The fourth-order valence-corrected chi connectivity index (χ4v) is 4.28. The van der Waals surface area contributed by atoms with Gasteiger partial charge < -0.3 is 14.2 Å². The zero-order valence-electron chi connectivity index (χ0n) is 16.8. The van der Waals surface area contributed by atoms with Gasteiger partial charge >= 0.3 is 5.97 Å². The molecule has 0 aliphatic carbocycles. The van der Waals surface area contributed by atoms with E-state index in [-0.39, 0.29) is 54.8 Å². The third-order valence-electron chi connectivity index (χ3n) is 4.84. The number of rotatable bonds is 6. The minimum Gasteiger partial charge on any atom is -0.462 e. The van der Waals surface area contributed by atoms with Crippen molar-refractivity contribution in [2.75, 3.05) is 30.9 Å². The van der Waals surface area contributed by atoms with E-state index in [9.17, 15) is 22.4 Å². The lowest BCUT2D eigenvalue weighted by Gasteiger charge is -2.22. The van der Waals surface area contributed by atoms with Crippen LogP contribution in [0.4, 0.5) is 14.5 Å². The average molecular weight is 444 g/mol. The number of fused-ring (bicyclic) bond motifs is 1. The van der Waals surface area contributed by atoms with Gasteiger partial charge in [0.1, 0.15) is 17.1 Å². The van der Waals surface area contributed by atoms with Crippen LogP contribution >= 0.6 is 0 Å². The van der Waals surface area contributed by atoms with Gasteiger partial charge in [0, 0.05) is 25.8 Å². The lowest BCUT2D eigenvalue weighted by Crippen LogP contribution is -2.27. The number of esters is 1. The van der Waals surface area contributed by atoms with Crippen molar-refractivity contribution >= 4 is 32.7 Å². The summed E-state index contributed by atoms with van der Waals surface area (Å²) in [5.41, 5.74) is -1.63. The number of nitrogens with zero attached hydrogens (tertiary/aromatic N) is 2. The highest BCUT2D eigenvalue weighted by molar-refractivity contribution is 7.86. The molecule has 0 radical (unpaired) electrons. The number of carbonyl (C=O) groups is 1. The highest BCUT2D eigenvalue weighted by Gasteiger charge is 2.31. The van der Waals surface area contributed by atoms with Crippen molar-refractivity contribution in [2.24, 2.45) is 0 Å². The van der Waals surface area contributed by atoms with E-state index in [1.807, 2.05) is 0 Å². The maximum atomic E-state index is 15.4. The normalized spacial score (nSPS) is 17.0. The predicted octanol–water partition coefficient (Wildman–Crippen LogP) is 2.03. The summed E-state index contributed by atoms with van der Waals surface area (Å²) in [6.45, 7) is 3.69. The van der Waals surface area contributed by atoms with Gasteiger partial charge in [0.25, 0.3) is 10.1 Å². The van der Waals surface area contributed by atoms with Crippen molar-refractivity contribution in [3.05, 3.63) is 39.7 Å². The number of hydrogen-bond donors (Lipinski definition) is 0. The van der Waals surface area contributed by atoms with Crippen molar-refractivity contribution in [1.82, 2.24) is 4.57 Å². The Morgan fingerprint density at radius 3 is 2.60 bits per heavy atom. The molecule has 11 heteroatoms. The highest BCUT2D eigenvalue weighted by atomic mass is 32.2. The lowest BCUT2D eigenvalue weighted by atomic mass is 10.1. The molecule has 1 aromatic heterocycles. The second kappa shape index (κ2) is 8.31. The Morgan fingerprint density at radius 1 is 1.30 bits per heavy atom. The number of carbonyl (C=O) groups excluding carboxylic acids is 1. The van der Waals surface area contributed by atoms with Crippen LogP contribution in [-0.4, -0.2) is 51.0 Å². The first-order valence-electron chi connectivity index (χ1n) is 9.42. The van der Waals surface area contributed by atoms with Crippen LogP contribution in [0.15, 0.2) is 17.1 Å². The summed E-state index contributed by atoms with van der Waals surface area (Å²) in [4.78, 5) is 26.1. The largest absolute Gasteiger partial charge is 0.462 e. The van der Waals surface area contributed by atoms with Crippen molar-refractivity contribution in [3.8, 4) is 0 Å². The minimum absolute atomic E-state index is 0.0241. The van der Waals surface area contributed by atoms with Crippen LogP contribution in [0.1, 0.15) is 30.6 Å². The maximum Gasteiger partial charge on any atom is 0.343 e. The average Bonchev–Trinajstić information content (AvgIpc) is 3.08. The maximum absolute atomic E-state index is 15.4. The summed E-state index contributed by atoms with van der Waals surface area (Å²) in [5, 5.41) is -0.274. The number of aromatic nitrogens is 1. The molecular weight excluding hydrogens is 422 g/mol. The van der Waals surface area contributed by atoms with Crippen LogP contribution in [0.3, 0.4) is 0 Å². The zero-order valence-corrected chi connectivity index (χ0v) is 17.6. The van der Waals surface area contributed by atoms with Crippen molar-refractivity contribution in [3.63, 3.8) is 0 Å². The van der Waals surface area contributed by atoms with Crippen LogP contribution in [0.2, 0.25) is 0 Å². The first-order valence-corrected chi connectivity index (χ1v) is 11.2. The quantitative estimate of drug-likeness (QED) is 0.497. The molecule has 1 fully saturated rings. The Labute approximate surface area is 172 Å². The second-order valence-corrected chi connectivity index (χ2v) is 8.55. The molecule has 0 unspecified atom stereocenters. The van der Waals surface area contributed by atoms with Gasteiger partial charge in [0.05, 0.1) is 29.9 Å². The van der Waals surface area contributed by atoms with Crippen molar-refractivity contribution in [1.29, 1.82) is 0 Å². The van der Waals surface area contributed by atoms with Gasteiger partial charge in [0.2, 0.25) is 5.43 Å². The van der Waals surface area contributed by atoms with Crippen molar-refractivity contribution in [2.45, 2.75) is 32.9 Å². The third-order valence-corrected chi connectivity index (χ3v) is 5.46. The molecule has 2 heterocycles. The fraction of sp³-hybridized carbons (Fsp3) is 0.474. The summed E-state index contributed by atoms with van der Waals surface area (Å²) in [6, 6.07) is 0.899. The fourth-order valence-electron chi connectivity index (χ4n) is 3.63. The molecule has 1 aliphatic heterocycles. The van der Waals surface area contributed by atoms with Crippen LogP contribution in [0.5, 0.6) is 0 Å². The van der Waals surface area contributed by atoms with Crippen LogP contribution in [0, 0.1) is 11.6 Å². The summed E-state index contributed by atoms with van der Waals surface area (Å²) < 4.78 is 64.1. The molecule has 0 amide bonds. The van der Waals surface area contributed by atoms with Crippen LogP contribution in [-0.2, 0) is 25.6 Å². The molecule has 0 N–H and O–H groups in total. The van der Waals surface area contributed by atoms with Crippen molar-refractivity contribution < 1.29 is 30.9 Å². The summed E-state index contributed by atoms with van der Waals surface area (Å²) >= 11 is 0. The molecule has 0 bridgehead atoms. The van der Waals surface area contributed by atoms with E-state index in [4.69, 9.17) is 8.92 Å². The molecule has 164 valence electrons. The van der Waals surface area contributed by atoms with Crippen LogP contribution < -0.4 is 10.3 Å². The zero-order chi connectivity index (χ0) is 22.2. The van der Waals surface area contributed by atoms with E-state index in [0.29, 0.717) is 0 Å². The SMILES string of the molecule is CCOC(=O)c1cn(CC)c2c(F)c(N3CC[C@@H](OS(C)(=O)=O)C3)c(F)cc2c1=O. The molecule has 1 aliphatic rings. The number of pyridine rings is 1. The van der Waals surface area contributed by atoms with Gasteiger partial charge in [-0.25, -0.2) is 13.6 Å². The lowest BCUT2D eigenvalue weighted by molar-refractivity contribution is 0.0524. The molecule has 1 saturated heterocycles. The van der Waals surface area contributed by atoms with Gasteiger partial charge in [-0.15, -0.1) is 0 Å². The van der Waals surface area contributed by atoms with E-state index < -0.39 is 39.3 Å². The monoisotopic (exact) mass is 444 g/mol. The molecule has 1 atom stereocenters. The van der Waals surface area contributed by atoms with E-state index in [1.165, 1.54) is 15.7 Å². The van der Waals surface area contributed by atoms with E-state index in [1.54, 1.807) is 13.8 Å². The smallest absolute Gasteiger partial charge is 0.343 e. The number of benzene rings is 1. The standard InChI is InChI=1S/C19H22F2N2O6S/c1-4-22-10-13(19(25)28-5-2)18(24)12-8-14(20)17(15(21)16(12)22)23-7-6-11(9-23)29-30(3,26)27/h8,10-11H,4-7,9H2,1-3H3/t11-/m1/s1. The Balaban J connectivity index is 2.12. The summed E-state index contributed by atoms with van der Waals surface area (Å²) in [5.74, 6) is -2.81. The Morgan fingerprint density at radius 2 is 2.00 bits per heavy atom. The topological polar surface area (TPSA) is 94.9 Å². The molecule has 30 heavy (non-hydrogen) atoms. The van der Waals surface area contributed by atoms with Gasteiger partial charge in [-0.3, -0.25) is 8.98 Å². The van der Waals surface area contributed by atoms with Gasteiger partial charge in [-0.2, -0.15) is 8.42 Å². The molecule has 8 nitrogen and oxygen atoms in total. The van der Waals surface area contributed by atoms with Gasteiger partial charge in [-0.05, 0) is 26.3 Å². The molecule has 2 aromatic rings. The molecular formula is C19H22F2N2O6S. The number of hydrogen-bond acceptors (Lipinski definition) is 7. The second-order valence-electron chi connectivity index (χ2n) is 6.95. The first kappa shape index (κ1) is 22.2. The van der Waals surface area contributed by atoms with Gasteiger partial charge in [-0.1, -0.05) is 0 Å². The van der Waals surface area contributed by atoms with E-state index in [0.717, 1.165) is 12.3 Å². The Hall–Kier alpha value is -2.53. The highest BCUT2D eigenvalue weighted by Crippen LogP contribution is 2.33.